The summed E-state index contributed by atoms with van der Waals surface area (Å²) in [7, 11) is 0. The highest BCUT2D eigenvalue weighted by Crippen LogP contribution is 2.28. The summed E-state index contributed by atoms with van der Waals surface area (Å²) in [6.45, 7) is 0. The molecule has 17 heavy (non-hydrogen) atoms. The molecule has 2 aromatic heterocycles. The minimum atomic E-state index is 0.719. The molecule has 0 aliphatic carbocycles. The highest BCUT2D eigenvalue weighted by Gasteiger charge is 2.08. The van der Waals surface area contributed by atoms with Crippen molar-refractivity contribution in [3.8, 4) is 11.4 Å². The van der Waals surface area contributed by atoms with E-state index < -0.39 is 0 Å². The van der Waals surface area contributed by atoms with Crippen LogP contribution in [0.3, 0.4) is 0 Å². The zero-order chi connectivity index (χ0) is 11.8. The molecule has 4 heteroatoms. The average Bonchev–Trinajstić information content (AvgIpc) is 2.72. The van der Waals surface area contributed by atoms with Crippen LogP contribution in [-0.2, 0) is 0 Å². The van der Waals surface area contributed by atoms with Crippen molar-refractivity contribution in [3.05, 3.63) is 58.3 Å². The summed E-state index contributed by atoms with van der Waals surface area (Å²) in [6, 6.07) is 11.8. The summed E-state index contributed by atoms with van der Waals surface area (Å²) in [5.74, 6) is 0.907. The normalized spacial score (nSPS) is 10.9. The zero-order valence-corrected chi connectivity index (χ0v) is 11.1. The van der Waals surface area contributed by atoms with Crippen LogP contribution in [0, 0.1) is 0 Å². The summed E-state index contributed by atoms with van der Waals surface area (Å²) in [6.07, 6.45) is 3.75. The highest BCUT2D eigenvalue weighted by molar-refractivity contribution is 9.10. The van der Waals surface area contributed by atoms with Gasteiger partial charge >= 0.3 is 0 Å². The molecule has 0 spiro atoms. The fourth-order valence-corrected chi connectivity index (χ4v) is 2.44. The zero-order valence-electron chi connectivity index (χ0n) is 8.77. The van der Waals surface area contributed by atoms with Crippen LogP contribution in [0.5, 0.6) is 0 Å². The Bertz CT molecular complexity index is 691. The van der Waals surface area contributed by atoms with Gasteiger partial charge in [0.25, 0.3) is 0 Å². The van der Waals surface area contributed by atoms with E-state index in [1.165, 1.54) is 0 Å². The van der Waals surface area contributed by atoms with Crippen LogP contribution < -0.4 is 0 Å². The van der Waals surface area contributed by atoms with Crippen LogP contribution in [-0.4, -0.2) is 9.38 Å². The predicted molar refractivity (Wildman–Crippen MR) is 73.3 cm³/mol. The van der Waals surface area contributed by atoms with Crippen LogP contribution in [0.4, 0.5) is 0 Å². The average molecular weight is 308 g/mol. The molecule has 0 aliphatic heterocycles. The molecule has 2 nitrogen and oxygen atoms in total. The van der Waals surface area contributed by atoms with Crippen molar-refractivity contribution in [2.24, 2.45) is 0 Å². The first-order valence-corrected chi connectivity index (χ1v) is 6.30. The number of benzene rings is 1. The van der Waals surface area contributed by atoms with E-state index in [1.54, 1.807) is 0 Å². The van der Waals surface area contributed by atoms with Gasteiger partial charge in [0, 0.05) is 21.3 Å². The topological polar surface area (TPSA) is 17.3 Å². The van der Waals surface area contributed by atoms with Crippen molar-refractivity contribution < 1.29 is 0 Å². The van der Waals surface area contributed by atoms with Crippen molar-refractivity contribution in [1.82, 2.24) is 9.38 Å². The van der Waals surface area contributed by atoms with E-state index in [0.717, 1.165) is 26.4 Å². The van der Waals surface area contributed by atoms with Gasteiger partial charge in [-0.2, -0.15) is 0 Å². The lowest BCUT2D eigenvalue weighted by Crippen LogP contribution is -1.89. The molecule has 3 rings (SSSR count). The van der Waals surface area contributed by atoms with E-state index in [4.69, 9.17) is 11.6 Å². The van der Waals surface area contributed by atoms with Gasteiger partial charge in [-0.1, -0.05) is 45.7 Å². The maximum atomic E-state index is 5.95. The third-order valence-electron chi connectivity index (χ3n) is 2.61. The Hall–Kier alpha value is -1.32. The number of nitrogens with zero attached hydrogens (tertiary/aromatic N) is 2. The van der Waals surface area contributed by atoms with Crippen molar-refractivity contribution in [2.45, 2.75) is 0 Å². The molecule has 0 fully saturated rings. The van der Waals surface area contributed by atoms with Crippen LogP contribution >= 0.6 is 27.5 Å². The fourth-order valence-electron chi connectivity index (χ4n) is 1.81. The Morgan fingerprint density at radius 1 is 1.18 bits per heavy atom. The summed E-state index contributed by atoms with van der Waals surface area (Å²) < 4.78 is 3.05. The molecular formula is C13H8BrClN2. The minimum Gasteiger partial charge on any atom is -0.300 e. The third kappa shape index (κ3) is 1.85. The molecule has 3 aromatic rings. The lowest BCUT2D eigenvalue weighted by atomic mass is 10.2. The van der Waals surface area contributed by atoms with Gasteiger partial charge in [-0.3, -0.25) is 4.40 Å². The van der Waals surface area contributed by atoms with Gasteiger partial charge in [0.15, 0.2) is 0 Å². The van der Waals surface area contributed by atoms with Gasteiger partial charge in [0.2, 0.25) is 0 Å². The van der Waals surface area contributed by atoms with Crippen LogP contribution in [0.2, 0.25) is 5.02 Å². The number of imidazole rings is 1. The van der Waals surface area contributed by atoms with Crippen LogP contribution in [0.25, 0.3) is 16.9 Å². The summed E-state index contributed by atoms with van der Waals surface area (Å²) in [5, 5.41) is 0.719. The molecular weight excluding hydrogens is 300 g/mol. The lowest BCUT2D eigenvalue weighted by molar-refractivity contribution is 1.16. The predicted octanol–water partition coefficient (Wildman–Crippen LogP) is 4.42. The second-order valence-corrected chi connectivity index (χ2v) is 4.99. The number of halogens is 2. The molecule has 0 bridgehead atoms. The first-order valence-electron chi connectivity index (χ1n) is 5.13. The smallest absolute Gasteiger partial charge is 0.145 e. The molecule has 0 saturated heterocycles. The van der Waals surface area contributed by atoms with E-state index in [9.17, 15) is 0 Å². The maximum absolute atomic E-state index is 5.95. The number of hydrogen-bond donors (Lipinski definition) is 0. The van der Waals surface area contributed by atoms with E-state index >= 15 is 0 Å². The maximum Gasteiger partial charge on any atom is 0.145 e. The quantitative estimate of drug-likeness (QED) is 0.650. The summed E-state index contributed by atoms with van der Waals surface area (Å²) in [4.78, 5) is 4.44. The standard InChI is InChI=1S/C13H8BrClN2/c14-12-4-2-1-3-11(12)13-16-8-10-7-9(15)5-6-17(10)13/h1-8H. The summed E-state index contributed by atoms with van der Waals surface area (Å²) in [5.41, 5.74) is 2.05. The monoisotopic (exact) mass is 306 g/mol. The SMILES string of the molecule is Clc1ccn2c(-c3ccccc3Br)ncc2c1. The minimum absolute atomic E-state index is 0.719. The number of aromatic nitrogens is 2. The van der Waals surface area contributed by atoms with Gasteiger partial charge in [-0.25, -0.2) is 4.98 Å². The Kier molecular flexibility index (Phi) is 2.65. The van der Waals surface area contributed by atoms with Crippen molar-refractivity contribution in [2.75, 3.05) is 0 Å². The molecule has 1 aromatic carbocycles. The molecule has 0 atom stereocenters. The van der Waals surface area contributed by atoms with Crippen molar-refractivity contribution in [3.63, 3.8) is 0 Å². The van der Waals surface area contributed by atoms with Gasteiger partial charge in [0.1, 0.15) is 5.82 Å². The number of pyridine rings is 1. The first kappa shape index (κ1) is 10.8. The molecule has 0 aliphatic rings. The largest absolute Gasteiger partial charge is 0.300 e. The van der Waals surface area contributed by atoms with Gasteiger partial charge in [-0.15, -0.1) is 0 Å². The first-order chi connectivity index (χ1) is 8.25. The Labute approximate surface area is 112 Å². The van der Waals surface area contributed by atoms with Gasteiger partial charge in [0.05, 0.1) is 11.7 Å². The second kappa shape index (κ2) is 4.17. The van der Waals surface area contributed by atoms with Gasteiger partial charge < -0.3 is 0 Å². The number of rotatable bonds is 1. The third-order valence-corrected chi connectivity index (χ3v) is 3.54. The van der Waals surface area contributed by atoms with Crippen molar-refractivity contribution >= 4 is 33.0 Å². The summed E-state index contributed by atoms with van der Waals surface area (Å²) >= 11 is 9.49. The van der Waals surface area contributed by atoms with E-state index in [-0.39, 0.29) is 0 Å². The molecule has 0 N–H and O–H groups in total. The van der Waals surface area contributed by atoms with Gasteiger partial charge in [-0.05, 0) is 18.2 Å². The van der Waals surface area contributed by atoms with Crippen molar-refractivity contribution in [1.29, 1.82) is 0 Å². The van der Waals surface area contributed by atoms with E-state index in [0.29, 0.717) is 0 Å². The van der Waals surface area contributed by atoms with E-state index in [1.807, 2.05) is 53.2 Å². The Morgan fingerprint density at radius 3 is 2.82 bits per heavy atom. The molecule has 0 unspecified atom stereocenters. The van der Waals surface area contributed by atoms with Crippen LogP contribution in [0.15, 0.2) is 53.3 Å². The number of fused-ring (bicyclic) bond motifs is 1. The molecule has 2 heterocycles. The fraction of sp³-hybridized carbons (Fsp3) is 0. The molecule has 0 saturated carbocycles. The lowest BCUT2D eigenvalue weighted by Gasteiger charge is -2.03. The van der Waals surface area contributed by atoms with E-state index in [2.05, 4.69) is 20.9 Å². The second-order valence-electron chi connectivity index (χ2n) is 3.70. The highest BCUT2D eigenvalue weighted by atomic mass is 79.9. The molecule has 0 amide bonds. The molecule has 84 valence electrons. The van der Waals surface area contributed by atoms with Crippen LogP contribution in [0.1, 0.15) is 0 Å². The Morgan fingerprint density at radius 2 is 2.00 bits per heavy atom. The molecule has 0 radical (unpaired) electrons. The number of hydrogen-bond acceptors (Lipinski definition) is 1. The Balaban J connectivity index is 2.29.